The van der Waals surface area contributed by atoms with Crippen LogP contribution in [0.5, 0.6) is 5.75 Å². The van der Waals surface area contributed by atoms with E-state index in [1.54, 1.807) is 0 Å². The van der Waals surface area contributed by atoms with Crippen molar-refractivity contribution in [2.45, 2.75) is 19.1 Å². The van der Waals surface area contributed by atoms with Crippen molar-refractivity contribution >= 4 is 21.8 Å². The molecule has 0 aliphatic rings. The minimum atomic E-state index is -2.95. The van der Waals surface area contributed by atoms with Crippen molar-refractivity contribution in [3.63, 3.8) is 0 Å². The second kappa shape index (κ2) is 5.92. The van der Waals surface area contributed by atoms with Gasteiger partial charge in [0.05, 0.1) is 0 Å². The highest BCUT2D eigenvalue weighted by Crippen LogP contribution is 2.30. The van der Waals surface area contributed by atoms with Crippen molar-refractivity contribution in [1.29, 1.82) is 0 Å². The molecule has 0 aliphatic heterocycles. The number of hydrogen-bond donors (Lipinski definition) is 2. The lowest BCUT2D eigenvalue weighted by atomic mass is 10.0. The number of benzene rings is 1. The molecule has 4 N–H and O–H groups in total. The number of primary amides is 1. The number of hydrogen-bond acceptors (Lipinski definition) is 3. The Morgan fingerprint density at radius 3 is 2.65 bits per heavy atom. The maximum absolute atomic E-state index is 12.2. The maximum Gasteiger partial charge on any atom is 0.387 e. The van der Waals surface area contributed by atoms with Gasteiger partial charge in [-0.1, -0.05) is 15.9 Å². The predicted molar refractivity (Wildman–Crippen MR) is 61.5 cm³/mol. The molecule has 0 saturated carbocycles. The van der Waals surface area contributed by atoms with Crippen LogP contribution in [0, 0.1) is 0 Å². The van der Waals surface area contributed by atoms with Gasteiger partial charge in [-0.3, -0.25) is 4.79 Å². The molecule has 1 atom stereocenters. The van der Waals surface area contributed by atoms with E-state index in [4.69, 9.17) is 11.5 Å². The average Bonchev–Trinajstić information content (AvgIpc) is 2.19. The van der Waals surface area contributed by atoms with E-state index in [-0.39, 0.29) is 12.2 Å². The lowest BCUT2D eigenvalue weighted by Crippen LogP contribution is -2.21. The van der Waals surface area contributed by atoms with E-state index in [0.717, 1.165) is 0 Å². The normalized spacial score (nSPS) is 12.5. The summed E-state index contributed by atoms with van der Waals surface area (Å²) in [6, 6.07) is 3.63. The summed E-state index contributed by atoms with van der Waals surface area (Å²) >= 11 is 3.18. The first-order valence-corrected chi connectivity index (χ1v) is 5.47. The van der Waals surface area contributed by atoms with Crippen LogP contribution in [0.15, 0.2) is 22.7 Å². The highest BCUT2D eigenvalue weighted by molar-refractivity contribution is 9.10. The third kappa shape index (κ3) is 4.27. The van der Waals surface area contributed by atoms with Gasteiger partial charge in [0.2, 0.25) is 5.91 Å². The molecule has 7 heteroatoms. The van der Waals surface area contributed by atoms with Gasteiger partial charge >= 0.3 is 6.61 Å². The molecule has 1 aromatic rings. The highest BCUT2D eigenvalue weighted by atomic mass is 79.9. The topological polar surface area (TPSA) is 78.3 Å². The molecule has 94 valence electrons. The zero-order chi connectivity index (χ0) is 13.0. The summed E-state index contributed by atoms with van der Waals surface area (Å²) in [5, 5.41) is 0. The van der Waals surface area contributed by atoms with E-state index in [2.05, 4.69) is 20.7 Å². The standard InChI is InChI=1S/C10H11BrF2N2O2/c11-5-1-2-8(17-10(12)13)6(3-5)7(14)4-9(15)16/h1-3,7,10H,4,14H2,(H2,15,16). The van der Waals surface area contributed by atoms with Gasteiger partial charge in [0.25, 0.3) is 0 Å². The Labute approximate surface area is 105 Å². The SMILES string of the molecule is NC(=O)CC(N)c1cc(Br)ccc1OC(F)F. The molecule has 0 bridgehead atoms. The van der Waals surface area contributed by atoms with Gasteiger partial charge in [-0.25, -0.2) is 0 Å². The fourth-order valence-corrected chi connectivity index (χ4v) is 1.72. The Morgan fingerprint density at radius 1 is 1.47 bits per heavy atom. The molecule has 17 heavy (non-hydrogen) atoms. The summed E-state index contributed by atoms with van der Waals surface area (Å²) in [7, 11) is 0. The van der Waals surface area contributed by atoms with E-state index < -0.39 is 18.6 Å². The Hall–Kier alpha value is -1.21. The largest absolute Gasteiger partial charge is 0.434 e. The predicted octanol–water partition coefficient (Wildman–Crippen LogP) is 1.93. The van der Waals surface area contributed by atoms with Crippen LogP contribution in [-0.4, -0.2) is 12.5 Å². The van der Waals surface area contributed by atoms with Crippen molar-refractivity contribution in [3.8, 4) is 5.75 Å². The first-order chi connectivity index (χ1) is 7.90. The molecule has 0 aliphatic carbocycles. The summed E-state index contributed by atoms with van der Waals surface area (Å²) in [5.74, 6) is -0.669. The Balaban J connectivity index is 3.01. The minimum absolute atomic E-state index is 0.0584. The van der Waals surface area contributed by atoms with E-state index >= 15 is 0 Å². The van der Waals surface area contributed by atoms with E-state index in [9.17, 15) is 13.6 Å². The number of halogens is 3. The second-order valence-corrected chi connectivity index (χ2v) is 4.25. The molecule has 4 nitrogen and oxygen atoms in total. The Kier molecular flexibility index (Phi) is 4.83. The first-order valence-electron chi connectivity index (χ1n) is 4.68. The lowest BCUT2D eigenvalue weighted by molar-refractivity contribution is -0.118. The summed E-state index contributed by atoms with van der Waals surface area (Å²) in [6.07, 6.45) is -0.143. The Morgan fingerprint density at radius 2 is 2.12 bits per heavy atom. The molecule has 0 spiro atoms. The number of ether oxygens (including phenoxy) is 1. The third-order valence-electron chi connectivity index (χ3n) is 2.01. The fourth-order valence-electron chi connectivity index (χ4n) is 1.34. The summed E-state index contributed by atoms with van der Waals surface area (Å²) in [6.45, 7) is -2.95. The zero-order valence-electron chi connectivity index (χ0n) is 8.70. The number of carbonyl (C=O) groups excluding carboxylic acids is 1. The van der Waals surface area contributed by atoms with Crippen molar-refractivity contribution in [3.05, 3.63) is 28.2 Å². The van der Waals surface area contributed by atoms with E-state index in [1.807, 2.05) is 0 Å². The van der Waals surface area contributed by atoms with Crippen molar-refractivity contribution in [2.75, 3.05) is 0 Å². The molecule has 0 fully saturated rings. The summed E-state index contributed by atoms with van der Waals surface area (Å²) in [4.78, 5) is 10.7. The zero-order valence-corrected chi connectivity index (χ0v) is 10.3. The molecule has 0 radical (unpaired) electrons. The maximum atomic E-state index is 12.2. The van der Waals surface area contributed by atoms with E-state index in [0.29, 0.717) is 10.0 Å². The number of amides is 1. The van der Waals surface area contributed by atoms with Crippen molar-refractivity contribution < 1.29 is 18.3 Å². The van der Waals surface area contributed by atoms with Crippen LogP contribution in [0.4, 0.5) is 8.78 Å². The van der Waals surface area contributed by atoms with Gasteiger partial charge in [0.1, 0.15) is 5.75 Å². The van der Waals surface area contributed by atoms with Crippen LogP contribution in [0.25, 0.3) is 0 Å². The number of nitrogens with two attached hydrogens (primary N) is 2. The van der Waals surface area contributed by atoms with Gasteiger partial charge in [-0.2, -0.15) is 8.78 Å². The molecular formula is C10H11BrF2N2O2. The smallest absolute Gasteiger partial charge is 0.387 e. The minimum Gasteiger partial charge on any atom is -0.434 e. The van der Waals surface area contributed by atoms with Gasteiger partial charge in [-0.15, -0.1) is 0 Å². The number of rotatable bonds is 5. The Bertz CT molecular complexity index is 415. The van der Waals surface area contributed by atoms with Crippen LogP contribution in [0.2, 0.25) is 0 Å². The fraction of sp³-hybridized carbons (Fsp3) is 0.300. The monoisotopic (exact) mass is 308 g/mol. The quantitative estimate of drug-likeness (QED) is 0.872. The van der Waals surface area contributed by atoms with E-state index in [1.165, 1.54) is 18.2 Å². The molecule has 1 amide bonds. The number of carbonyl (C=O) groups is 1. The third-order valence-corrected chi connectivity index (χ3v) is 2.50. The summed E-state index contributed by atoms with van der Waals surface area (Å²) in [5.41, 5.74) is 11.0. The van der Waals surface area contributed by atoms with Crippen LogP contribution >= 0.6 is 15.9 Å². The summed E-state index contributed by atoms with van der Waals surface area (Å²) < 4.78 is 29.3. The molecule has 1 aromatic carbocycles. The second-order valence-electron chi connectivity index (χ2n) is 3.34. The lowest BCUT2D eigenvalue weighted by Gasteiger charge is -2.15. The van der Waals surface area contributed by atoms with Gasteiger partial charge in [-0.05, 0) is 18.2 Å². The molecule has 1 rings (SSSR count). The van der Waals surface area contributed by atoms with Gasteiger partial charge < -0.3 is 16.2 Å². The van der Waals surface area contributed by atoms with Crippen LogP contribution in [-0.2, 0) is 4.79 Å². The average molecular weight is 309 g/mol. The first kappa shape index (κ1) is 13.9. The highest BCUT2D eigenvalue weighted by Gasteiger charge is 2.17. The molecule has 0 saturated heterocycles. The van der Waals surface area contributed by atoms with Crippen molar-refractivity contribution in [1.82, 2.24) is 0 Å². The van der Waals surface area contributed by atoms with Gasteiger partial charge in [0.15, 0.2) is 0 Å². The molecule has 0 aromatic heterocycles. The molecular weight excluding hydrogens is 298 g/mol. The van der Waals surface area contributed by atoms with Crippen molar-refractivity contribution in [2.24, 2.45) is 11.5 Å². The van der Waals surface area contributed by atoms with Crippen LogP contribution < -0.4 is 16.2 Å². The van der Waals surface area contributed by atoms with Crippen LogP contribution in [0.3, 0.4) is 0 Å². The van der Waals surface area contributed by atoms with Crippen LogP contribution in [0.1, 0.15) is 18.0 Å². The number of alkyl halides is 2. The molecule has 0 heterocycles. The van der Waals surface area contributed by atoms with Gasteiger partial charge in [0, 0.05) is 22.5 Å². The molecule has 1 unspecified atom stereocenters.